The molecule has 7 nitrogen and oxygen atoms in total. The zero-order chi connectivity index (χ0) is 15.6. The smallest absolute Gasteiger partial charge is 0.285 e. The van der Waals surface area contributed by atoms with E-state index in [-0.39, 0.29) is 29.4 Å². The third kappa shape index (κ3) is 3.03. The summed E-state index contributed by atoms with van der Waals surface area (Å²) in [6.45, 7) is 4.01. The largest absolute Gasteiger partial charge is 0.376 e. The third-order valence-corrected chi connectivity index (χ3v) is 3.71. The molecule has 3 unspecified atom stereocenters. The van der Waals surface area contributed by atoms with Crippen molar-refractivity contribution >= 4 is 11.6 Å². The summed E-state index contributed by atoms with van der Waals surface area (Å²) in [5.74, 6) is -0.491. The third-order valence-electron chi connectivity index (χ3n) is 3.71. The molecule has 114 valence electrons. The first kappa shape index (κ1) is 15.4. The highest BCUT2D eigenvalue weighted by molar-refractivity contribution is 5.99. The summed E-state index contributed by atoms with van der Waals surface area (Å²) in [5, 5.41) is 13.9. The van der Waals surface area contributed by atoms with E-state index in [0.29, 0.717) is 18.6 Å². The summed E-state index contributed by atoms with van der Waals surface area (Å²) in [7, 11) is 0. The van der Waals surface area contributed by atoms with Crippen molar-refractivity contribution in [3.8, 4) is 0 Å². The van der Waals surface area contributed by atoms with E-state index in [1.165, 1.54) is 6.07 Å². The van der Waals surface area contributed by atoms with Gasteiger partial charge in [-0.3, -0.25) is 14.9 Å². The molecule has 1 saturated carbocycles. The molecule has 1 aromatic carbocycles. The fourth-order valence-corrected chi connectivity index (χ4v) is 2.54. The van der Waals surface area contributed by atoms with E-state index >= 15 is 0 Å². The lowest BCUT2D eigenvalue weighted by Crippen LogP contribution is -2.64. The van der Waals surface area contributed by atoms with Gasteiger partial charge in [-0.15, -0.1) is 0 Å². The Morgan fingerprint density at radius 3 is 2.86 bits per heavy atom. The van der Waals surface area contributed by atoms with Crippen LogP contribution in [0, 0.1) is 17.0 Å². The highest BCUT2D eigenvalue weighted by Gasteiger charge is 2.41. The average molecular weight is 293 g/mol. The molecular formula is C14H19N3O4. The van der Waals surface area contributed by atoms with Crippen molar-refractivity contribution in [3.05, 3.63) is 39.4 Å². The number of carbonyl (C=O) groups excluding carboxylic acids is 1. The molecule has 3 N–H and O–H groups in total. The molecule has 3 atom stereocenters. The number of nitrogens with two attached hydrogens (primary N) is 1. The van der Waals surface area contributed by atoms with Gasteiger partial charge in [0.25, 0.3) is 11.6 Å². The van der Waals surface area contributed by atoms with Crippen LogP contribution in [0.15, 0.2) is 18.2 Å². The Morgan fingerprint density at radius 1 is 1.57 bits per heavy atom. The van der Waals surface area contributed by atoms with E-state index < -0.39 is 10.8 Å². The summed E-state index contributed by atoms with van der Waals surface area (Å²) >= 11 is 0. The minimum atomic E-state index is -0.537. The molecule has 0 aliphatic heterocycles. The fourth-order valence-electron chi connectivity index (χ4n) is 2.54. The van der Waals surface area contributed by atoms with Crippen LogP contribution in [-0.2, 0) is 4.74 Å². The van der Waals surface area contributed by atoms with Crippen LogP contribution in [0.2, 0.25) is 0 Å². The molecule has 7 heteroatoms. The van der Waals surface area contributed by atoms with Crippen molar-refractivity contribution in [1.82, 2.24) is 5.32 Å². The Labute approximate surface area is 122 Å². The van der Waals surface area contributed by atoms with Gasteiger partial charge in [-0.25, -0.2) is 0 Å². The second-order valence-electron chi connectivity index (χ2n) is 5.12. The summed E-state index contributed by atoms with van der Waals surface area (Å²) in [6, 6.07) is 4.18. The monoisotopic (exact) mass is 293 g/mol. The van der Waals surface area contributed by atoms with Crippen LogP contribution in [0.1, 0.15) is 29.3 Å². The molecule has 0 saturated heterocycles. The normalized spacial score (nSPS) is 24.2. The molecule has 1 amide bonds. The average Bonchev–Trinajstić information content (AvgIpc) is 2.43. The lowest BCUT2D eigenvalue weighted by Gasteiger charge is -2.42. The topological polar surface area (TPSA) is 107 Å². The van der Waals surface area contributed by atoms with Crippen molar-refractivity contribution < 1.29 is 14.5 Å². The number of ether oxygens (including phenoxy) is 1. The summed E-state index contributed by atoms with van der Waals surface area (Å²) in [6.07, 6.45) is 0.548. The van der Waals surface area contributed by atoms with Crippen LogP contribution < -0.4 is 11.1 Å². The lowest BCUT2D eigenvalue weighted by molar-refractivity contribution is -0.385. The van der Waals surface area contributed by atoms with Crippen LogP contribution >= 0.6 is 0 Å². The number of hydrogen-bond acceptors (Lipinski definition) is 5. The van der Waals surface area contributed by atoms with Gasteiger partial charge in [-0.1, -0.05) is 12.1 Å². The zero-order valence-electron chi connectivity index (χ0n) is 12.0. The molecule has 2 rings (SSSR count). The number of rotatable bonds is 5. The maximum Gasteiger partial charge on any atom is 0.285 e. The fraction of sp³-hybridized carbons (Fsp3) is 0.500. The summed E-state index contributed by atoms with van der Waals surface area (Å²) < 4.78 is 5.47. The molecule has 1 aliphatic carbocycles. The van der Waals surface area contributed by atoms with E-state index in [2.05, 4.69) is 5.32 Å². The first-order valence-electron chi connectivity index (χ1n) is 6.87. The molecule has 0 radical (unpaired) electrons. The van der Waals surface area contributed by atoms with E-state index in [4.69, 9.17) is 10.5 Å². The van der Waals surface area contributed by atoms with Crippen molar-refractivity contribution in [2.45, 2.75) is 38.5 Å². The van der Waals surface area contributed by atoms with Crippen LogP contribution in [0.5, 0.6) is 0 Å². The van der Waals surface area contributed by atoms with Gasteiger partial charge < -0.3 is 15.8 Å². The second-order valence-corrected chi connectivity index (χ2v) is 5.12. The number of hydrogen-bond donors (Lipinski definition) is 2. The van der Waals surface area contributed by atoms with E-state index in [1.54, 1.807) is 19.1 Å². The summed E-state index contributed by atoms with van der Waals surface area (Å²) in [5.41, 5.74) is 6.20. The van der Waals surface area contributed by atoms with Gasteiger partial charge in [-0.05, 0) is 26.3 Å². The van der Waals surface area contributed by atoms with E-state index in [0.717, 1.165) is 0 Å². The van der Waals surface area contributed by atoms with Gasteiger partial charge in [0, 0.05) is 18.2 Å². The van der Waals surface area contributed by atoms with Crippen LogP contribution in [0.3, 0.4) is 0 Å². The first-order valence-corrected chi connectivity index (χ1v) is 6.87. The minimum absolute atomic E-state index is 0.0503. The maximum atomic E-state index is 12.3. The van der Waals surface area contributed by atoms with Gasteiger partial charge in [0.2, 0.25) is 0 Å². The van der Waals surface area contributed by atoms with Crippen LogP contribution in [0.25, 0.3) is 0 Å². The number of para-hydroxylation sites is 1. The molecule has 1 fully saturated rings. The van der Waals surface area contributed by atoms with Crippen molar-refractivity contribution in [2.24, 2.45) is 5.73 Å². The van der Waals surface area contributed by atoms with Gasteiger partial charge in [0.05, 0.1) is 17.1 Å². The molecule has 21 heavy (non-hydrogen) atoms. The van der Waals surface area contributed by atoms with Gasteiger partial charge in [0.15, 0.2) is 0 Å². The molecular weight excluding hydrogens is 274 g/mol. The predicted octanol–water partition coefficient (Wildman–Crippen LogP) is 1.14. The van der Waals surface area contributed by atoms with Crippen LogP contribution in [0.4, 0.5) is 5.69 Å². The number of amides is 1. The number of carbonyl (C=O) groups is 1. The molecule has 0 bridgehead atoms. The number of nitrogens with one attached hydrogen (secondary N) is 1. The predicted molar refractivity (Wildman–Crippen MR) is 77.1 cm³/mol. The quantitative estimate of drug-likeness (QED) is 0.625. The van der Waals surface area contributed by atoms with E-state index in [1.807, 2.05) is 6.92 Å². The molecule has 0 spiro atoms. The summed E-state index contributed by atoms with van der Waals surface area (Å²) in [4.78, 5) is 22.9. The number of nitrogens with zero attached hydrogens (tertiary/aromatic N) is 1. The van der Waals surface area contributed by atoms with Crippen molar-refractivity contribution in [3.63, 3.8) is 0 Å². The highest BCUT2D eigenvalue weighted by Crippen LogP contribution is 2.26. The standard InChI is InChI=1S/C14H19N3O4/c1-3-21-11-7-10(15)12(11)16-14(18)9-6-4-5-8(2)13(9)17(19)20/h4-6,10-12H,3,7,15H2,1-2H3,(H,16,18). The van der Waals surface area contributed by atoms with Gasteiger partial charge in [0.1, 0.15) is 5.56 Å². The molecule has 0 heterocycles. The number of nitro benzene ring substituents is 1. The van der Waals surface area contributed by atoms with Crippen molar-refractivity contribution in [2.75, 3.05) is 6.61 Å². The Kier molecular flexibility index (Phi) is 4.54. The number of aryl methyl sites for hydroxylation is 1. The maximum absolute atomic E-state index is 12.3. The Balaban J connectivity index is 2.18. The van der Waals surface area contributed by atoms with Crippen molar-refractivity contribution in [1.29, 1.82) is 0 Å². The minimum Gasteiger partial charge on any atom is -0.376 e. The van der Waals surface area contributed by atoms with Gasteiger partial charge >= 0.3 is 0 Å². The van der Waals surface area contributed by atoms with Crippen LogP contribution in [-0.4, -0.2) is 35.6 Å². The zero-order valence-corrected chi connectivity index (χ0v) is 12.0. The Bertz CT molecular complexity index is 559. The number of nitro groups is 1. The Morgan fingerprint density at radius 2 is 2.29 bits per heavy atom. The molecule has 1 aliphatic rings. The molecule has 1 aromatic rings. The van der Waals surface area contributed by atoms with E-state index in [9.17, 15) is 14.9 Å². The van der Waals surface area contributed by atoms with Gasteiger partial charge in [-0.2, -0.15) is 0 Å². The SMILES string of the molecule is CCOC1CC(N)C1NC(=O)c1cccc(C)c1[N+](=O)[O-]. The lowest BCUT2D eigenvalue weighted by atomic mass is 9.83. The second kappa shape index (κ2) is 6.19. The first-order chi connectivity index (χ1) is 9.95. The highest BCUT2D eigenvalue weighted by atomic mass is 16.6. The number of benzene rings is 1. The Hall–Kier alpha value is -1.99. The molecule has 0 aromatic heterocycles.